The minimum Gasteiger partial charge on any atom is -0.355 e. The zero-order valence-corrected chi connectivity index (χ0v) is 12.6. The molecule has 8 heteroatoms. The number of aromatic nitrogens is 4. The fraction of sp³-hybridized carbons (Fsp3) is 0.500. The van der Waals surface area contributed by atoms with Gasteiger partial charge < -0.3 is 14.3 Å². The average Bonchev–Trinajstić information content (AvgIpc) is 3.05. The van der Waals surface area contributed by atoms with Crippen LogP contribution < -0.4 is 9.80 Å². The highest BCUT2D eigenvalue weighted by molar-refractivity contribution is 5.38. The molecule has 1 fully saturated rings. The Kier molecular flexibility index (Phi) is 3.87. The Balaban J connectivity index is 1.63. The van der Waals surface area contributed by atoms with Gasteiger partial charge in [-0.05, 0) is 18.0 Å². The molecule has 114 valence electrons. The van der Waals surface area contributed by atoms with Crippen LogP contribution in [0.1, 0.15) is 30.3 Å². The first-order chi connectivity index (χ1) is 10.7. The molecule has 22 heavy (non-hydrogen) atoms. The van der Waals surface area contributed by atoms with Gasteiger partial charge in [-0.3, -0.25) is 0 Å². The van der Waals surface area contributed by atoms with Gasteiger partial charge in [0.15, 0.2) is 5.69 Å². The zero-order chi connectivity index (χ0) is 15.5. The van der Waals surface area contributed by atoms with Crippen molar-refractivity contribution in [2.24, 2.45) is 0 Å². The summed E-state index contributed by atoms with van der Waals surface area (Å²) in [7, 11) is 3.78. The third kappa shape index (κ3) is 2.83. The van der Waals surface area contributed by atoms with Gasteiger partial charge in [0.05, 0.1) is 12.4 Å². The van der Waals surface area contributed by atoms with Gasteiger partial charge in [-0.15, -0.1) is 0 Å². The van der Waals surface area contributed by atoms with E-state index in [2.05, 4.69) is 25.0 Å². The summed E-state index contributed by atoms with van der Waals surface area (Å²) in [6.45, 7) is 1.70. The summed E-state index contributed by atoms with van der Waals surface area (Å²) >= 11 is 0. The van der Waals surface area contributed by atoms with E-state index in [1.807, 2.05) is 25.1 Å². The van der Waals surface area contributed by atoms with E-state index in [1.54, 1.807) is 6.20 Å². The van der Waals surface area contributed by atoms with Crippen LogP contribution in [0.15, 0.2) is 16.9 Å². The number of nitriles is 1. The molecule has 2 aromatic heterocycles. The van der Waals surface area contributed by atoms with Crippen LogP contribution in [-0.4, -0.2) is 47.3 Å². The van der Waals surface area contributed by atoms with Gasteiger partial charge in [0.1, 0.15) is 11.9 Å². The molecule has 0 aromatic carbocycles. The predicted octanol–water partition coefficient (Wildman–Crippen LogP) is 1.18. The summed E-state index contributed by atoms with van der Waals surface area (Å²) in [5.41, 5.74) is 0.334. The first-order valence-electron chi connectivity index (χ1n) is 7.15. The van der Waals surface area contributed by atoms with Gasteiger partial charge in [-0.1, -0.05) is 0 Å². The largest absolute Gasteiger partial charge is 0.355 e. The quantitative estimate of drug-likeness (QED) is 0.833. The summed E-state index contributed by atoms with van der Waals surface area (Å²) in [5, 5.41) is 12.7. The van der Waals surface area contributed by atoms with Crippen molar-refractivity contribution in [2.75, 3.05) is 37.0 Å². The molecule has 3 rings (SSSR count). The smallest absolute Gasteiger partial charge is 0.265 e. The third-order valence-electron chi connectivity index (χ3n) is 3.75. The molecule has 0 unspecified atom stereocenters. The molecular weight excluding hydrogens is 282 g/mol. The van der Waals surface area contributed by atoms with E-state index in [4.69, 9.17) is 9.78 Å². The van der Waals surface area contributed by atoms with Gasteiger partial charge in [0, 0.05) is 33.1 Å². The minimum atomic E-state index is 0.281. The van der Waals surface area contributed by atoms with Crippen molar-refractivity contribution in [3.63, 3.8) is 0 Å². The fourth-order valence-electron chi connectivity index (χ4n) is 2.47. The second-order valence-electron chi connectivity index (χ2n) is 5.46. The Morgan fingerprint density at radius 3 is 2.59 bits per heavy atom. The van der Waals surface area contributed by atoms with Gasteiger partial charge in [-0.2, -0.15) is 10.2 Å². The van der Waals surface area contributed by atoms with Crippen molar-refractivity contribution >= 4 is 11.8 Å². The van der Waals surface area contributed by atoms with Crippen LogP contribution in [0.25, 0.3) is 0 Å². The Morgan fingerprint density at radius 1 is 1.27 bits per heavy atom. The Morgan fingerprint density at radius 2 is 2.05 bits per heavy atom. The normalized spacial score (nSPS) is 15.6. The lowest BCUT2D eigenvalue weighted by Gasteiger charge is -2.30. The van der Waals surface area contributed by atoms with Crippen molar-refractivity contribution in [3.05, 3.63) is 24.0 Å². The first kappa shape index (κ1) is 14.3. The van der Waals surface area contributed by atoms with Crippen LogP contribution in [0.2, 0.25) is 0 Å². The molecule has 0 bridgehead atoms. The van der Waals surface area contributed by atoms with E-state index in [-0.39, 0.29) is 5.92 Å². The monoisotopic (exact) mass is 299 g/mol. The van der Waals surface area contributed by atoms with Crippen LogP contribution in [0, 0.1) is 11.3 Å². The second-order valence-corrected chi connectivity index (χ2v) is 5.46. The first-order valence-corrected chi connectivity index (χ1v) is 7.15. The molecule has 1 aliphatic rings. The summed E-state index contributed by atoms with van der Waals surface area (Å²) in [4.78, 5) is 16.7. The SMILES string of the molecule is CN(C)c1noc(C2CCN(c3cnc(C#N)cn3)CC2)n1. The summed E-state index contributed by atoms with van der Waals surface area (Å²) in [5.74, 6) is 2.39. The molecule has 1 aliphatic heterocycles. The second kappa shape index (κ2) is 5.97. The number of piperidine rings is 1. The van der Waals surface area contributed by atoms with E-state index in [9.17, 15) is 0 Å². The topological polar surface area (TPSA) is 95.0 Å². The summed E-state index contributed by atoms with van der Waals surface area (Å²) < 4.78 is 5.35. The molecule has 0 atom stereocenters. The van der Waals surface area contributed by atoms with E-state index >= 15 is 0 Å². The maximum absolute atomic E-state index is 8.75. The number of nitrogens with zero attached hydrogens (tertiary/aromatic N) is 7. The molecule has 0 aliphatic carbocycles. The summed E-state index contributed by atoms with van der Waals surface area (Å²) in [6, 6.07) is 1.97. The predicted molar refractivity (Wildman–Crippen MR) is 79.6 cm³/mol. The fourth-order valence-corrected chi connectivity index (χ4v) is 2.47. The number of rotatable bonds is 3. The van der Waals surface area contributed by atoms with Crippen molar-refractivity contribution in [2.45, 2.75) is 18.8 Å². The Labute approximate surface area is 128 Å². The van der Waals surface area contributed by atoms with E-state index < -0.39 is 0 Å². The van der Waals surface area contributed by atoms with Crippen LogP contribution in [-0.2, 0) is 0 Å². The zero-order valence-electron chi connectivity index (χ0n) is 12.6. The maximum Gasteiger partial charge on any atom is 0.265 e. The highest BCUT2D eigenvalue weighted by atomic mass is 16.5. The van der Waals surface area contributed by atoms with Crippen LogP contribution >= 0.6 is 0 Å². The molecule has 2 aromatic rings. The van der Waals surface area contributed by atoms with Gasteiger partial charge in [0.2, 0.25) is 5.89 Å². The van der Waals surface area contributed by atoms with Crippen LogP contribution in [0.4, 0.5) is 11.8 Å². The number of anilines is 2. The average molecular weight is 299 g/mol. The van der Waals surface area contributed by atoms with Crippen molar-refractivity contribution in [1.82, 2.24) is 20.1 Å². The highest BCUT2D eigenvalue weighted by Gasteiger charge is 2.26. The minimum absolute atomic E-state index is 0.281. The Hall–Kier alpha value is -2.69. The molecule has 0 saturated carbocycles. The number of hydrogen-bond donors (Lipinski definition) is 0. The molecule has 1 saturated heterocycles. The molecule has 3 heterocycles. The summed E-state index contributed by atoms with van der Waals surface area (Å²) in [6.07, 6.45) is 5.01. The molecule has 0 amide bonds. The lowest BCUT2D eigenvalue weighted by molar-refractivity contribution is 0.329. The standard InChI is InChI=1S/C14H17N7O/c1-20(2)14-18-13(22-19-14)10-3-5-21(6-4-10)12-9-16-11(7-15)8-17-12/h8-10H,3-6H2,1-2H3. The molecule has 8 nitrogen and oxygen atoms in total. The highest BCUT2D eigenvalue weighted by Crippen LogP contribution is 2.29. The lowest BCUT2D eigenvalue weighted by Crippen LogP contribution is -2.33. The van der Waals surface area contributed by atoms with Gasteiger partial charge in [-0.25, -0.2) is 9.97 Å². The molecular formula is C14H17N7O. The van der Waals surface area contributed by atoms with Crippen molar-refractivity contribution < 1.29 is 4.52 Å². The molecule has 0 N–H and O–H groups in total. The lowest BCUT2D eigenvalue weighted by atomic mass is 9.97. The van der Waals surface area contributed by atoms with E-state index in [1.165, 1.54) is 6.20 Å². The van der Waals surface area contributed by atoms with Crippen molar-refractivity contribution in [3.8, 4) is 6.07 Å². The molecule has 0 radical (unpaired) electrons. The Bertz CT molecular complexity index is 665. The number of hydrogen-bond acceptors (Lipinski definition) is 8. The van der Waals surface area contributed by atoms with Crippen molar-refractivity contribution in [1.29, 1.82) is 5.26 Å². The van der Waals surface area contributed by atoms with E-state index in [0.29, 0.717) is 17.5 Å². The van der Waals surface area contributed by atoms with E-state index in [0.717, 1.165) is 31.7 Å². The third-order valence-corrected chi connectivity index (χ3v) is 3.75. The maximum atomic E-state index is 8.75. The molecule has 0 spiro atoms. The van der Waals surface area contributed by atoms with Gasteiger partial charge in [0.25, 0.3) is 5.95 Å². The van der Waals surface area contributed by atoms with Crippen LogP contribution in [0.3, 0.4) is 0 Å². The van der Waals surface area contributed by atoms with Gasteiger partial charge >= 0.3 is 0 Å². The van der Waals surface area contributed by atoms with Crippen LogP contribution in [0.5, 0.6) is 0 Å².